The Hall–Kier alpha value is -1.13. The van der Waals surface area contributed by atoms with Crippen molar-refractivity contribution in [1.29, 1.82) is 0 Å². The standard InChI is InChI=1S/C11H13NO2S/c1-8(12-2)11-7-9-5-3-4-6-10(9)15(11,13)14/h3-8,12H,1-2H3. The lowest BCUT2D eigenvalue weighted by Crippen LogP contribution is -2.26. The van der Waals surface area contributed by atoms with E-state index in [-0.39, 0.29) is 6.04 Å². The van der Waals surface area contributed by atoms with E-state index in [0.717, 1.165) is 5.56 Å². The summed E-state index contributed by atoms with van der Waals surface area (Å²) in [5, 5.41) is 2.95. The molecule has 80 valence electrons. The molecule has 2 rings (SSSR count). The van der Waals surface area contributed by atoms with Crippen molar-refractivity contribution < 1.29 is 8.42 Å². The highest BCUT2D eigenvalue weighted by molar-refractivity contribution is 7.96. The molecule has 0 saturated carbocycles. The molecule has 0 bridgehead atoms. The lowest BCUT2D eigenvalue weighted by Gasteiger charge is -2.11. The molecule has 1 aliphatic heterocycles. The van der Waals surface area contributed by atoms with Gasteiger partial charge in [-0.3, -0.25) is 0 Å². The van der Waals surface area contributed by atoms with Crippen LogP contribution < -0.4 is 5.32 Å². The minimum absolute atomic E-state index is 0.151. The van der Waals surface area contributed by atoms with Crippen molar-refractivity contribution in [2.45, 2.75) is 17.9 Å². The molecule has 1 heterocycles. The Morgan fingerprint density at radius 2 is 1.93 bits per heavy atom. The number of rotatable bonds is 2. The molecule has 3 nitrogen and oxygen atoms in total. The monoisotopic (exact) mass is 223 g/mol. The first-order valence-electron chi connectivity index (χ1n) is 4.80. The zero-order chi connectivity index (χ0) is 11.1. The number of likely N-dealkylation sites (N-methyl/N-ethyl adjacent to an activating group) is 1. The maximum absolute atomic E-state index is 12.1. The highest BCUT2D eigenvalue weighted by Crippen LogP contribution is 2.33. The second kappa shape index (κ2) is 3.47. The van der Waals surface area contributed by atoms with Crippen molar-refractivity contribution in [3.63, 3.8) is 0 Å². The van der Waals surface area contributed by atoms with E-state index >= 15 is 0 Å². The zero-order valence-electron chi connectivity index (χ0n) is 8.69. The van der Waals surface area contributed by atoms with Gasteiger partial charge in [0.25, 0.3) is 0 Å². The van der Waals surface area contributed by atoms with Crippen molar-refractivity contribution >= 4 is 15.9 Å². The summed E-state index contributed by atoms with van der Waals surface area (Å²) in [6.07, 6.45) is 1.74. The number of hydrogen-bond donors (Lipinski definition) is 1. The van der Waals surface area contributed by atoms with Crippen LogP contribution in [0, 0.1) is 0 Å². The molecule has 1 unspecified atom stereocenters. The number of fused-ring (bicyclic) bond motifs is 1. The quantitative estimate of drug-likeness (QED) is 0.825. The van der Waals surface area contributed by atoms with Gasteiger partial charge in [-0.25, -0.2) is 8.42 Å². The Morgan fingerprint density at radius 1 is 1.27 bits per heavy atom. The SMILES string of the molecule is CNC(C)C1=Cc2ccccc2S1(=O)=O. The number of sulfone groups is 1. The number of nitrogens with one attached hydrogen (secondary N) is 1. The average Bonchev–Trinajstić information content (AvgIpc) is 2.51. The molecule has 4 heteroatoms. The zero-order valence-corrected chi connectivity index (χ0v) is 9.51. The molecule has 1 aliphatic rings. The normalized spacial score (nSPS) is 19.5. The number of hydrogen-bond acceptors (Lipinski definition) is 3. The summed E-state index contributed by atoms with van der Waals surface area (Å²) in [6, 6.07) is 6.91. The van der Waals surface area contributed by atoms with Gasteiger partial charge in [0.1, 0.15) is 0 Å². The first kappa shape index (κ1) is 10.4. The topological polar surface area (TPSA) is 46.2 Å². The lowest BCUT2D eigenvalue weighted by atomic mass is 10.2. The number of benzene rings is 1. The smallest absolute Gasteiger partial charge is 0.204 e. The van der Waals surface area contributed by atoms with Crippen LogP contribution in [0.2, 0.25) is 0 Å². The van der Waals surface area contributed by atoms with Crippen LogP contribution in [0.15, 0.2) is 34.1 Å². The molecule has 15 heavy (non-hydrogen) atoms. The van der Waals surface area contributed by atoms with Gasteiger partial charge < -0.3 is 5.32 Å². The van der Waals surface area contributed by atoms with Gasteiger partial charge in [-0.2, -0.15) is 0 Å². The van der Waals surface area contributed by atoms with Gasteiger partial charge in [0.2, 0.25) is 9.84 Å². The van der Waals surface area contributed by atoms with Gasteiger partial charge in [0.15, 0.2) is 0 Å². The van der Waals surface area contributed by atoms with Gasteiger partial charge in [0.05, 0.1) is 9.80 Å². The molecule has 1 atom stereocenters. The summed E-state index contributed by atoms with van der Waals surface area (Å²) in [6.45, 7) is 1.84. The van der Waals surface area contributed by atoms with Crippen LogP contribution >= 0.6 is 0 Å². The van der Waals surface area contributed by atoms with E-state index in [1.165, 1.54) is 0 Å². The summed E-state index contributed by atoms with van der Waals surface area (Å²) >= 11 is 0. The maximum Gasteiger partial charge on any atom is 0.204 e. The van der Waals surface area contributed by atoms with Crippen LogP contribution in [0.25, 0.3) is 6.08 Å². The van der Waals surface area contributed by atoms with Crippen molar-refractivity contribution in [3.05, 3.63) is 34.7 Å². The minimum Gasteiger partial charge on any atom is -0.313 e. The molecule has 0 spiro atoms. The maximum atomic E-state index is 12.1. The van der Waals surface area contributed by atoms with E-state index < -0.39 is 9.84 Å². The van der Waals surface area contributed by atoms with Gasteiger partial charge >= 0.3 is 0 Å². The van der Waals surface area contributed by atoms with E-state index in [2.05, 4.69) is 5.32 Å². The van der Waals surface area contributed by atoms with Crippen LogP contribution in [0.1, 0.15) is 12.5 Å². The molecule has 0 aromatic heterocycles. The molecule has 1 aromatic rings. The fourth-order valence-corrected chi connectivity index (χ4v) is 3.52. The van der Waals surface area contributed by atoms with Crippen LogP contribution in [0.3, 0.4) is 0 Å². The molecular weight excluding hydrogens is 210 g/mol. The Kier molecular flexibility index (Phi) is 2.40. The van der Waals surface area contributed by atoms with Gasteiger partial charge in [-0.15, -0.1) is 0 Å². The highest BCUT2D eigenvalue weighted by Gasteiger charge is 2.31. The van der Waals surface area contributed by atoms with Crippen LogP contribution in [-0.2, 0) is 9.84 Å². The van der Waals surface area contributed by atoms with Crippen LogP contribution in [-0.4, -0.2) is 21.5 Å². The van der Waals surface area contributed by atoms with Crippen molar-refractivity contribution in [1.82, 2.24) is 5.32 Å². The van der Waals surface area contributed by atoms with Crippen molar-refractivity contribution in [2.75, 3.05) is 7.05 Å². The summed E-state index contributed by atoms with van der Waals surface area (Å²) in [4.78, 5) is 0.869. The second-order valence-corrected chi connectivity index (χ2v) is 5.52. The van der Waals surface area contributed by atoms with E-state index in [9.17, 15) is 8.42 Å². The Labute approximate surface area is 89.7 Å². The predicted molar refractivity (Wildman–Crippen MR) is 60.1 cm³/mol. The fourth-order valence-electron chi connectivity index (χ4n) is 1.70. The predicted octanol–water partition coefficient (Wildman–Crippen LogP) is 1.42. The molecule has 1 N–H and O–H groups in total. The third-order valence-electron chi connectivity index (χ3n) is 2.68. The lowest BCUT2D eigenvalue weighted by molar-refractivity contribution is 0.595. The largest absolute Gasteiger partial charge is 0.313 e. The summed E-state index contributed by atoms with van der Waals surface area (Å²) in [7, 11) is -1.51. The molecule has 0 fully saturated rings. The van der Waals surface area contributed by atoms with Crippen molar-refractivity contribution in [3.8, 4) is 0 Å². The van der Waals surface area contributed by atoms with E-state index in [1.54, 1.807) is 25.3 Å². The molecule has 0 saturated heterocycles. The molecular formula is C11H13NO2S. The van der Waals surface area contributed by atoms with Crippen LogP contribution in [0.4, 0.5) is 0 Å². The third kappa shape index (κ3) is 1.50. The summed E-state index contributed by atoms with van der Waals surface area (Å²) in [5.41, 5.74) is 0.787. The van der Waals surface area contributed by atoms with E-state index in [1.807, 2.05) is 19.1 Å². The second-order valence-electron chi connectivity index (χ2n) is 3.60. The molecule has 0 amide bonds. The van der Waals surface area contributed by atoms with Gasteiger partial charge in [0, 0.05) is 6.04 Å². The molecule has 1 aromatic carbocycles. The molecule has 0 aliphatic carbocycles. The molecule has 0 radical (unpaired) electrons. The average molecular weight is 223 g/mol. The van der Waals surface area contributed by atoms with Crippen LogP contribution in [0.5, 0.6) is 0 Å². The van der Waals surface area contributed by atoms with Crippen molar-refractivity contribution in [2.24, 2.45) is 0 Å². The Morgan fingerprint density at radius 3 is 2.53 bits per heavy atom. The summed E-state index contributed by atoms with van der Waals surface area (Å²) in [5.74, 6) is 0. The summed E-state index contributed by atoms with van der Waals surface area (Å²) < 4.78 is 24.2. The Bertz CT molecular complexity index is 517. The third-order valence-corrected chi connectivity index (χ3v) is 4.72. The Balaban J connectivity index is 2.59. The van der Waals surface area contributed by atoms with Gasteiger partial charge in [-0.1, -0.05) is 18.2 Å². The van der Waals surface area contributed by atoms with Gasteiger partial charge in [-0.05, 0) is 31.7 Å². The minimum atomic E-state index is -3.26. The van der Waals surface area contributed by atoms with E-state index in [0.29, 0.717) is 9.80 Å². The highest BCUT2D eigenvalue weighted by atomic mass is 32.2. The van der Waals surface area contributed by atoms with E-state index in [4.69, 9.17) is 0 Å². The first-order valence-corrected chi connectivity index (χ1v) is 6.28. The first-order chi connectivity index (χ1) is 7.07. The fraction of sp³-hybridized carbons (Fsp3) is 0.273.